The van der Waals surface area contributed by atoms with Crippen LogP contribution in [0.5, 0.6) is 5.75 Å². The molecule has 0 spiro atoms. The van der Waals surface area contributed by atoms with Crippen molar-refractivity contribution in [1.29, 1.82) is 0 Å². The molecule has 3 rings (SSSR count). The van der Waals surface area contributed by atoms with Crippen molar-refractivity contribution in [2.45, 2.75) is 6.54 Å². The number of anilines is 1. The van der Waals surface area contributed by atoms with Crippen LogP contribution in [0.2, 0.25) is 5.15 Å². The second kappa shape index (κ2) is 6.99. The van der Waals surface area contributed by atoms with Crippen LogP contribution in [0.15, 0.2) is 42.6 Å². The van der Waals surface area contributed by atoms with Gasteiger partial charge in [0.25, 0.3) is 0 Å². The third-order valence-corrected chi connectivity index (χ3v) is 4.22. The molecule has 1 aromatic heterocycles. The Morgan fingerprint density at radius 3 is 2.55 bits per heavy atom. The van der Waals surface area contributed by atoms with E-state index in [1.807, 2.05) is 30.5 Å². The van der Waals surface area contributed by atoms with Gasteiger partial charge in [0.2, 0.25) is 0 Å². The molecule has 1 aliphatic heterocycles. The first-order chi connectivity index (χ1) is 10.8. The molecule has 1 aromatic carbocycles. The number of hydrogen-bond donors (Lipinski definition) is 0. The molecule has 5 heteroatoms. The van der Waals surface area contributed by atoms with E-state index >= 15 is 0 Å². The Bertz CT molecular complexity index is 610. The van der Waals surface area contributed by atoms with Crippen molar-refractivity contribution >= 4 is 17.3 Å². The van der Waals surface area contributed by atoms with E-state index in [-0.39, 0.29) is 0 Å². The van der Waals surface area contributed by atoms with Crippen molar-refractivity contribution in [2.24, 2.45) is 0 Å². The minimum atomic E-state index is 0.546. The number of pyridine rings is 1. The van der Waals surface area contributed by atoms with Crippen LogP contribution in [0.3, 0.4) is 0 Å². The average molecular weight is 318 g/mol. The molecule has 0 amide bonds. The number of benzene rings is 1. The lowest BCUT2D eigenvalue weighted by molar-refractivity contribution is 0.249. The molecule has 0 unspecified atom stereocenters. The van der Waals surface area contributed by atoms with Gasteiger partial charge >= 0.3 is 0 Å². The molecule has 0 radical (unpaired) electrons. The van der Waals surface area contributed by atoms with Crippen molar-refractivity contribution in [3.8, 4) is 5.75 Å². The number of halogens is 1. The molecule has 116 valence electrons. The highest BCUT2D eigenvalue weighted by atomic mass is 35.5. The van der Waals surface area contributed by atoms with Gasteiger partial charge in [-0.25, -0.2) is 4.98 Å². The molecule has 0 bridgehead atoms. The van der Waals surface area contributed by atoms with Gasteiger partial charge in [-0.05, 0) is 23.8 Å². The largest absolute Gasteiger partial charge is 0.495 e. The Labute approximate surface area is 136 Å². The maximum atomic E-state index is 5.83. The van der Waals surface area contributed by atoms with E-state index in [4.69, 9.17) is 16.3 Å². The summed E-state index contributed by atoms with van der Waals surface area (Å²) in [4.78, 5) is 8.97. The Morgan fingerprint density at radius 1 is 1.09 bits per heavy atom. The monoisotopic (exact) mass is 317 g/mol. The summed E-state index contributed by atoms with van der Waals surface area (Å²) in [5.41, 5.74) is 2.38. The smallest absolute Gasteiger partial charge is 0.142 e. The van der Waals surface area contributed by atoms with Gasteiger partial charge in [0, 0.05) is 38.9 Å². The highest BCUT2D eigenvalue weighted by Crippen LogP contribution is 2.28. The molecular formula is C17H20ClN3O. The summed E-state index contributed by atoms with van der Waals surface area (Å²) in [6, 6.07) is 12.1. The maximum Gasteiger partial charge on any atom is 0.142 e. The van der Waals surface area contributed by atoms with Gasteiger partial charge in [0.15, 0.2) is 0 Å². The van der Waals surface area contributed by atoms with Gasteiger partial charge in [0.1, 0.15) is 10.9 Å². The maximum absolute atomic E-state index is 5.83. The number of methoxy groups -OCH3 is 1. The van der Waals surface area contributed by atoms with Crippen LogP contribution in [-0.4, -0.2) is 43.2 Å². The summed E-state index contributed by atoms with van der Waals surface area (Å²) in [7, 11) is 1.72. The first-order valence-electron chi connectivity index (χ1n) is 7.47. The second-order valence-corrected chi connectivity index (χ2v) is 5.81. The van der Waals surface area contributed by atoms with Crippen LogP contribution in [0, 0.1) is 0 Å². The number of para-hydroxylation sites is 2. The molecule has 0 N–H and O–H groups in total. The van der Waals surface area contributed by atoms with Crippen LogP contribution in [0.1, 0.15) is 5.56 Å². The van der Waals surface area contributed by atoms with E-state index < -0.39 is 0 Å². The van der Waals surface area contributed by atoms with Crippen molar-refractivity contribution in [1.82, 2.24) is 9.88 Å². The number of rotatable bonds is 4. The van der Waals surface area contributed by atoms with Crippen LogP contribution in [0.4, 0.5) is 5.69 Å². The van der Waals surface area contributed by atoms with Crippen molar-refractivity contribution in [2.75, 3.05) is 38.2 Å². The number of hydrogen-bond acceptors (Lipinski definition) is 4. The Hall–Kier alpha value is -1.78. The van der Waals surface area contributed by atoms with E-state index in [1.165, 1.54) is 11.3 Å². The molecular weight excluding hydrogens is 298 g/mol. The van der Waals surface area contributed by atoms with Gasteiger partial charge in [-0.1, -0.05) is 29.8 Å². The summed E-state index contributed by atoms with van der Waals surface area (Å²) in [5, 5.41) is 0.546. The molecule has 1 saturated heterocycles. The van der Waals surface area contributed by atoms with E-state index in [0.29, 0.717) is 5.15 Å². The molecule has 2 aromatic rings. The molecule has 4 nitrogen and oxygen atoms in total. The lowest BCUT2D eigenvalue weighted by atomic mass is 10.2. The van der Waals surface area contributed by atoms with Crippen molar-refractivity contribution in [3.63, 3.8) is 0 Å². The number of ether oxygens (including phenoxy) is 1. The molecule has 1 fully saturated rings. The zero-order valence-electron chi connectivity index (χ0n) is 12.7. The normalized spacial score (nSPS) is 15.8. The lowest BCUT2D eigenvalue weighted by Crippen LogP contribution is -2.46. The summed E-state index contributed by atoms with van der Waals surface area (Å²) in [6.07, 6.45) is 1.86. The topological polar surface area (TPSA) is 28.6 Å². The van der Waals surface area contributed by atoms with Gasteiger partial charge in [-0.15, -0.1) is 0 Å². The van der Waals surface area contributed by atoms with E-state index in [0.717, 1.165) is 38.5 Å². The lowest BCUT2D eigenvalue weighted by Gasteiger charge is -2.36. The molecule has 0 aliphatic carbocycles. The van der Waals surface area contributed by atoms with Gasteiger partial charge in [0.05, 0.1) is 12.8 Å². The van der Waals surface area contributed by atoms with Crippen LogP contribution in [-0.2, 0) is 6.54 Å². The fraction of sp³-hybridized carbons (Fsp3) is 0.353. The minimum Gasteiger partial charge on any atom is -0.495 e. The standard InChI is InChI=1S/C17H20ClN3O/c1-22-16-5-3-2-4-15(16)21-10-8-20(9-11-21)13-14-6-7-17(18)19-12-14/h2-7,12H,8-11,13H2,1H3. The quantitative estimate of drug-likeness (QED) is 0.810. The molecule has 2 heterocycles. The summed E-state index contributed by atoms with van der Waals surface area (Å²) < 4.78 is 5.46. The number of aromatic nitrogens is 1. The summed E-state index contributed by atoms with van der Waals surface area (Å²) in [5.74, 6) is 0.942. The van der Waals surface area contributed by atoms with Crippen LogP contribution >= 0.6 is 11.6 Å². The highest BCUT2D eigenvalue weighted by molar-refractivity contribution is 6.29. The fourth-order valence-corrected chi connectivity index (χ4v) is 2.91. The third kappa shape index (κ3) is 3.51. The van der Waals surface area contributed by atoms with Crippen LogP contribution < -0.4 is 9.64 Å². The molecule has 0 saturated carbocycles. The third-order valence-electron chi connectivity index (χ3n) is 3.99. The Morgan fingerprint density at radius 2 is 1.86 bits per heavy atom. The Balaban J connectivity index is 1.59. The predicted octanol–water partition coefficient (Wildman–Crippen LogP) is 3.07. The molecule has 22 heavy (non-hydrogen) atoms. The highest BCUT2D eigenvalue weighted by Gasteiger charge is 2.19. The van der Waals surface area contributed by atoms with Crippen LogP contribution in [0.25, 0.3) is 0 Å². The average Bonchev–Trinajstić information content (AvgIpc) is 2.58. The predicted molar refractivity (Wildman–Crippen MR) is 89.7 cm³/mol. The molecule has 0 atom stereocenters. The summed E-state index contributed by atoms with van der Waals surface area (Å²) >= 11 is 5.83. The van der Waals surface area contributed by atoms with E-state index in [9.17, 15) is 0 Å². The zero-order valence-corrected chi connectivity index (χ0v) is 13.5. The fourth-order valence-electron chi connectivity index (χ4n) is 2.80. The SMILES string of the molecule is COc1ccccc1N1CCN(Cc2ccc(Cl)nc2)CC1. The first kappa shape index (κ1) is 15.1. The second-order valence-electron chi connectivity index (χ2n) is 5.42. The van der Waals surface area contributed by atoms with Gasteiger partial charge in [-0.2, -0.15) is 0 Å². The van der Waals surface area contributed by atoms with E-state index in [1.54, 1.807) is 7.11 Å². The van der Waals surface area contributed by atoms with Gasteiger partial charge in [-0.3, -0.25) is 4.90 Å². The zero-order chi connectivity index (χ0) is 15.4. The minimum absolute atomic E-state index is 0.546. The van der Waals surface area contributed by atoms with Crippen molar-refractivity contribution < 1.29 is 4.74 Å². The summed E-state index contributed by atoms with van der Waals surface area (Å²) in [6.45, 7) is 4.98. The van der Waals surface area contributed by atoms with Gasteiger partial charge < -0.3 is 9.64 Å². The first-order valence-corrected chi connectivity index (χ1v) is 7.85. The van der Waals surface area contributed by atoms with E-state index in [2.05, 4.69) is 26.9 Å². The molecule has 1 aliphatic rings. The Kier molecular flexibility index (Phi) is 4.80. The number of nitrogens with zero attached hydrogens (tertiary/aromatic N) is 3. The van der Waals surface area contributed by atoms with Crippen molar-refractivity contribution in [3.05, 3.63) is 53.3 Å². The number of piperazine rings is 1.